The van der Waals surface area contributed by atoms with Gasteiger partial charge in [-0.2, -0.15) is 0 Å². The molecule has 1 N–H and O–H groups in total. The second-order valence-electron chi connectivity index (χ2n) is 9.47. The van der Waals surface area contributed by atoms with E-state index in [0.29, 0.717) is 11.7 Å². The third-order valence-electron chi connectivity index (χ3n) is 6.09. The first-order valence-electron chi connectivity index (χ1n) is 11.2. The quantitative estimate of drug-likeness (QED) is 0.687. The summed E-state index contributed by atoms with van der Waals surface area (Å²) in [7, 11) is 0. The van der Waals surface area contributed by atoms with Gasteiger partial charge >= 0.3 is 5.97 Å². The van der Waals surface area contributed by atoms with Crippen LogP contribution in [0.3, 0.4) is 0 Å². The Bertz CT molecular complexity index is 635. The molecule has 2 aliphatic rings. The lowest BCUT2D eigenvalue weighted by molar-refractivity contribution is -0.907. The van der Waals surface area contributed by atoms with Crippen molar-refractivity contribution in [1.82, 2.24) is 0 Å². The Labute approximate surface area is 180 Å². The van der Waals surface area contributed by atoms with E-state index in [9.17, 15) is 4.79 Å². The average molecular weight is 421 g/mol. The number of rotatable bonds is 7. The van der Waals surface area contributed by atoms with Gasteiger partial charge in [-0.1, -0.05) is 51.5 Å². The minimum atomic E-state index is -0.0176. The van der Waals surface area contributed by atoms with Crippen molar-refractivity contribution in [3.05, 3.63) is 35.4 Å². The summed E-state index contributed by atoms with van der Waals surface area (Å²) in [6, 6.07) is 9.01. The van der Waals surface area contributed by atoms with Gasteiger partial charge in [-0.25, -0.2) is 0 Å². The van der Waals surface area contributed by atoms with Gasteiger partial charge < -0.3 is 14.4 Å². The van der Waals surface area contributed by atoms with E-state index >= 15 is 0 Å². The Morgan fingerprint density at radius 1 is 1.14 bits per heavy atom. The molecule has 0 bridgehead atoms. The molecule has 2 fully saturated rings. The first kappa shape index (κ1) is 22.6. The van der Waals surface area contributed by atoms with E-state index in [4.69, 9.17) is 9.47 Å². The molecule has 1 saturated heterocycles. The van der Waals surface area contributed by atoms with Crippen LogP contribution in [-0.4, -0.2) is 50.2 Å². The number of thioether (sulfide) groups is 1. The molecular formula is C24H38NO3S+. The Kier molecular flexibility index (Phi) is 8.45. The fraction of sp³-hybridized carbons (Fsp3) is 0.708. The molecule has 3 rings (SSSR count). The molecule has 1 saturated carbocycles. The zero-order valence-electron chi connectivity index (χ0n) is 18.4. The summed E-state index contributed by atoms with van der Waals surface area (Å²) in [6.07, 6.45) is 5.18. The summed E-state index contributed by atoms with van der Waals surface area (Å²) in [4.78, 5) is 13.9. The molecule has 5 heteroatoms. The van der Waals surface area contributed by atoms with Crippen LogP contribution < -0.4 is 4.90 Å². The summed E-state index contributed by atoms with van der Waals surface area (Å²) in [6.45, 7) is 11.2. The SMILES string of the molecule is CC(C)(C)c1ccc(CS[C@H]2CCCC[C@H]2OC(=O)CC[NH+]2CCOCC2)cc1. The summed E-state index contributed by atoms with van der Waals surface area (Å²) in [5, 5.41) is 0.422. The standard InChI is InChI=1S/C24H37NO3S/c1-24(2,3)20-10-8-19(9-11-20)18-29-22-7-5-4-6-21(22)28-23(26)12-13-25-14-16-27-17-15-25/h8-11,21-22H,4-7,12-18H2,1-3H3/p+1/t21-,22+/m1/s1. The highest BCUT2D eigenvalue weighted by molar-refractivity contribution is 7.99. The molecule has 4 nitrogen and oxygen atoms in total. The topological polar surface area (TPSA) is 40.0 Å². The van der Waals surface area contributed by atoms with E-state index in [0.717, 1.165) is 51.4 Å². The predicted molar refractivity (Wildman–Crippen MR) is 120 cm³/mol. The van der Waals surface area contributed by atoms with Crippen molar-refractivity contribution in [3.8, 4) is 0 Å². The van der Waals surface area contributed by atoms with Crippen LogP contribution in [0.1, 0.15) is 64.0 Å². The second-order valence-corrected chi connectivity index (χ2v) is 10.7. The number of hydrogen-bond donors (Lipinski definition) is 1. The summed E-state index contributed by atoms with van der Waals surface area (Å²) >= 11 is 1.96. The first-order chi connectivity index (χ1) is 13.9. The largest absolute Gasteiger partial charge is 0.461 e. The molecule has 0 spiro atoms. The number of carbonyl (C=O) groups excluding carboxylic acids is 1. The highest BCUT2D eigenvalue weighted by Gasteiger charge is 2.29. The van der Waals surface area contributed by atoms with Crippen molar-refractivity contribution in [1.29, 1.82) is 0 Å². The Balaban J connectivity index is 1.45. The number of nitrogens with one attached hydrogen (secondary N) is 1. The lowest BCUT2D eigenvalue weighted by atomic mass is 9.87. The van der Waals surface area contributed by atoms with Gasteiger partial charge in [0.2, 0.25) is 0 Å². The number of esters is 1. The number of ether oxygens (including phenoxy) is 2. The summed E-state index contributed by atoms with van der Waals surface area (Å²) in [5.74, 6) is 0.970. The van der Waals surface area contributed by atoms with E-state index in [1.807, 2.05) is 11.8 Å². The maximum Gasteiger partial charge on any atom is 0.311 e. The lowest BCUT2D eigenvalue weighted by Gasteiger charge is -2.31. The molecule has 0 aromatic heterocycles. The summed E-state index contributed by atoms with van der Waals surface area (Å²) < 4.78 is 11.3. The van der Waals surface area contributed by atoms with Gasteiger partial charge in [0.1, 0.15) is 19.2 Å². The molecule has 29 heavy (non-hydrogen) atoms. The van der Waals surface area contributed by atoms with Crippen LogP contribution in [0.15, 0.2) is 24.3 Å². The fourth-order valence-corrected chi connectivity index (χ4v) is 5.45. The summed E-state index contributed by atoms with van der Waals surface area (Å²) in [5.41, 5.74) is 2.92. The van der Waals surface area contributed by atoms with Gasteiger partial charge in [-0.3, -0.25) is 4.79 Å². The zero-order chi connectivity index (χ0) is 20.7. The zero-order valence-corrected chi connectivity index (χ0v) is 19.2. The second kappa shape index (κ2) is 10.8. The average Bonchev–Trinajstić information content (AvgIpc) is 2.72. The smallest absolute Gasteiger partial charge is 0.311 e. The van der Waals surface area contributed by atoms with Gasteiger partial charge in [0.25, 0.3) is 0 Å². The molecule has 0 radical (unpaired) electrons. The predicted octanol–water partition coefficient (Wildman–Crippen LogP) is 3.38. The molecule has 0 amide bonds. The minimum Gasteiger partial charge on any atom is -0.461 e. The molecular weight excluding hydrogens is 382 g/mol. The maximum absolute atomic E-state index is 12.4. The van der Waals surface area contributed by atoms with Gasteiger partial charge in [0, 0.05) is 11.0 Å². The van der Waals surface area contributed by atoms with Crippen molar-refractivity contribution >= 4 is 17.7 Å². The van der Waals surface area contributed by atoms with Crippen LogP contribution in [0.5, 0.6) is 0 Å². The van der Waals surface area contributed by atoms with E-state index in [-0.39, 0.29) is 17.5 Å². The molecule has 1 aromatic carbocycles. The van der Waals surface area contributed by atoms with E-state index in [2.05, 4.69) is 45.0 Å². The molecule has 1 aliphatic carbocycles. The van der Waals surface area contributed by atoms with E-state index in [1.54, 1.807) is 0 Å². The molecule has 0 unspecified atom stereocenters. The van der Waals surface area contributed by atoms with Crippen LogP contribution in [0.25, 0.3) is 0 Å². The number of carbonyl (C=O) groups is 1. The number of benzene rings is 1. The molecule has 1 heterocycles. The van der Waals surface area contributed by atoms with Crippen LogP contribution in [0.4, 0.5) is 0 Å². The van der Waals surface area contributed by atoms with Gasteiger partial charge in [0.15, 0.2) is 0 Å². The molecule has 1 aromatic rings. The third-order valence-corrected chi connectivity index (χ3v) is 7.56. The van der Waals surface area contributed by atoms with E-state index < -0.39 is 0 Å². The van der Waals surface area contributed by atoms with Crippen molar-refractivity contribution in [3.63, 3.8) is 0 Å². The number of hydrogen-bond acceptors (Lipinski definition) is 4. The van der Waals surface area contributed by atoms with Crippen LogP contribution >= 0.6 is 11.8 Å². The van der Waals surface area contributed by atoms with Crippen molar-refractivity contribution < 1.29 is 19.2 Å². The number of quaternary nitrogens is 1. The van der Waals surface area contributed by atoms with Gasteiger partial charge in [-0.15, -0.1) is 11.8 Å². The Morgan fingerprint density at radius 3 is 2.52 bits per heavy atom. The monoisotopic (exact) mass is 420 g/mol. The maximum atomic E-state index is 12.4. The van der Waals surface area contributed by atoms with E-state index in [1.165, 1.54) is 28.9 Å². The van der Waals surface area contributed by atoms with Crippen molar-refractivity contribution in [2.24, 2.45) is 0 Å². The Hall–Kier alpha value is -1.04. The van der Waals surface area contributed by atoms with Crippen molar-refractivity contribution in [2.75, 3.05) is 32.8 Å². The highest BCUT2D eigenvalue weighted by atomic mass is 32.2. The molecule has 162 valence electrons. The van der Waals surface area contributed by atoms with Crippen LogP contribution in [0, 0.1) is 0 Å². The third kappa shape index (κ3) is 7.30. The molecule has 1 aliphatic heterocycles. The van der Waals surface area contributed by atoms with Crippen LogP contribution in [0.2, 0.25) is 0 Å². The fourth-order valence-electron chi connectivity index (χ4n) is 4.11. The van der Waals surface area contributed by atoms with Gasteiger partial charge in [-0.05, 0) is 35.8 Å². The normalized spacial score (nSPS) is 23.7. The van der Waals surface area contributed by atoms with Crippen molar-refractivity contribution in [2.45, 2.75) is 75.4 Å². The van der Waals surface area contributed by atoms with Gasteiger partial charge in [0.05, 0.1) is 26.2 Å². The Morgan fingerprint density at radius 2 is 1.83 bits per heavy atom. The number of morpholine rings is 1. The molecule has 2 atom stereocenters. The minimum absolute atomic E-state index is 0.0176. The lowest BCUT2D eigenvalue weighted by Crippen LogP contribution is -3.14. The highest BCUT2D eigenvalue weighted by Crippen LogP contribution is 2.33. The first-order valence-corrected chi connectivity index (χ1v) is 12.3. The van der Waals surface area contributed by atoms with Crippen LogP contribution in [-0.2, 0) is 25.4 Å².